The van der Waals surface area contributed by atoms with Gasteiger partial charge >= 0.3 is 0 Å². The quantitative estimate of drug-likeness (QED) is 0.471. The molecule has 0 saturated heterocycles. The molecule has 9 nitrogen and oxygen atoms in total. The summed E-state index contributed by atoms with van der Waals surface area (Å²) >= 11 is 7.22. The summed E-state index contributed by atoms with van der Waals surface area (Å²) < 4.78 is 5.30. The van der Waals surface area contributed by atoms with E-state index in [9.17, 15) is 14.4 Å². The zero-order valence-electron chi connectivity index (χ0n) is 21.6. The van der Waals surface area contributed by atoms with Crippen molar-refractivity contribution < 1.29 is 19.1 Å². The number of carbonyl (C=O) groups excluding carboxylic acids is 3. The van der Waals surface area contributed by atoms with Crippen LogP contribution in [-0.4, -0.2) is 58.6 Å². The molecule has 0 unspecified atom stereocenters. The van der Waals surface area contributed by atoms with Crippen LogP contribution >= 0.6 is 23.4 Å². The first-order chi connectivity index (χ1) is 18.9. The lowest BCUT2D eigenvalue weighted by Crippen LogP contribution is -2.42. The number of thioether (sulfide) groups is 1. The summed E-state index contributed by atoms with van der Waals surface area (Å²) in [5.74, 6) is 0.402. The molecule has 1 aliphatic carbocycles. The molecular formula is C28H30ClN5O4S. The van der Waals surface area contributed by atoms with E-state index in [1.165, 1.54) is 18.4 Å². The van der Waals surface area contributed by atoms with Crippen molar-refractivity contribution >= 4 is 63.5 Å². The Bertz CT molecular complexity index is 1340. The Hall–Kier alpha value is -3.37. The largest absolute Gasteiger partial charge is 0.495 e. The Balaban J connectivity index is 1.26. The molecule has 3 aliphatic rings. The maximum absolute atomic E-state index is 13.5. The summed E-state index contributed by atoms with van der Waals surface area (Å²) in [5.41, 5.74) is 1.88. The number of nitrogens with one attached hydrogen (secondary N) is 2. The number of para-hydroxylation sites is 1. The van der Waals surface area contributed by atoms with Crippen LogP contribution in [0, 0.1) is 0 Å². The first kappa shape index (κ1) is 27.2. The normalized spacial score (nSPS) is 18.6. The van der Waals surface area contributed by atoms with E-state index >= 15 is 0 Å². The predicted octanol–water partition coefficient (Wildman–Crippen LogP) is 4.91. The third-order valence-corrected chi connectivity index (χ3v) is 8.10. The highest BCUT2D eigenvalue weighted by molar-refractivity contribution is 8.14. The maximum atomic E-state index is 13.5. The van der Waals surface area contributed by atoms with E-state index in [0.29, 0.717) is 39.6 Å². The van der Waals surface area contributed by atoms with Gasteiger partial charge < -0.3 is 15.4 Å². The van der Waals surface area contributed by atoms with Gasteiger partial charge in [0.1, 0.15) is 17.6 Å². The molecule has 1 atom stereocenters. The summed E-state index contributed by atoms with van der Waals surface area (Å²) in [6, 6.07) is 12.0. The van der Waals surface area contributed by atoms with Crippen LogP contribution in [0.1, 0.15) is 50.5 Å². The molecule has 2 heterocycles. The number of nitrogens with zero attached hydrogens (tertiary/aromatic N) is 3. The van der Waals surface area contributed by atoms with E-state index in [4.69, 9.17) is 21.3 Å². The summed E-state index contributed by atoms with van der Waals surface area (Å²) in [5, 5.41) is 6.75. The molecule has 11 heteroatoms. The zero-order chi connectivity index (χ0) is 27.4. The highest BCUT2D eigenvalue weighted by atomic mass is 35.5. The molecule has 2 N–H and O–H groups in total. The van der Waals surface area contributed by atoms with Crippen molar-refractivity contribution in [2.45, 2.75) is 57.0 Å². The summed E-state index contributed by atoms with van der Waals surface area (Å²) in [6.07, 6.45) is 6.05. The molecule has 1 fully saturated rings. The lowest BCUT2D eigenvalue weighted by Gasteiger charge is -2.25. The smallest absolute Gasteiger partial charge is 0.259 e. The first-order valence-electron chi connectivity index (χ1n) is 13.1. The lowest BCUT2D eigenvalue weighted by molar-refractivity contribution is -0.125. The number of carbonyl (C=O) groups is 3. The molecule has 0 radical (unpaired) electrons. The van der Waals surface area contributed by atoms with Crippen molar-refractivity contribution in [2.24, 2.45) is 9.98 Å². The fraction of sp³-hybridized carbons (Fsp3) is 0.393. The molecule has 0 bridgehead atoms. The van der Waals surface area contributed by atoms with Crippen LogP contribution < -0.4 is 15.4 Å². The molecule has 2 aromatic rings. The van der Waals surface area contributed by atoms with Gasteiger partial charge in [0.2, 0.25) is 11.8 Å². The van der Waals surface area contributed by atoms with E-state index in [-0.39, 0.29) is 35.9 Å². The number of halogens is 1. The molecule has 0 aromatic heterocycles. The number of rotatable bonds is 8. The van der Waals surface area contributed by atoms with E-state index in [2.05, 4.69) is 15.6 Å². The maximum Gasteiger partial charge on any atom is 0.259 e. The third-order valence-electron chi connectivity index (χ3n) is 6.93. The second-order valence-electron chi connectivity index (χ2n) is 9.68. The summed E-state index contributed by atoms with van der Waals surface area (Å²) in [6.45, 7) is 0. The van der Waals surface area contributed by atoms with Gasteiger partial charge in [-0.1, -0.05) is 54.8 Å². The number of fused-ring (bicyclic) bond motifs is 3. The molecule has 204 valence electrons. The van der Waals surface area contributed by atoms with Gasteiger partial charge in [0, 0.05) is 23.0 Å². The van der Waals surface area contributed by atoms with E-state index in [0.717, 1.165) is 43.0 Å². The number of hydrogen-bond acceptors (Lipinski definition) is 7. The third kappa shape index (κ3) is 6.28. The zero-order valence-corrected chi connectivity index (χ0v) is 23.2. The van der Waals surface area contributed by atoms with E-state index in [1.807, 2.05) is 24.3 Å². The van der Waals surface area contributed by atoms with E-state index < -0.39 is 6.04 Å². The van der Waals surface area contributed by atoms with Crippen molar-refractivity contribution in [3.63, 3.8) is 0 Å². The Labute approximate surface area is 236 Å². The minimum absolute atomic E-state index is 0.00217. The Morgan fingerprint density at radius 2 is 1.92 bits per heavy atom. The van der Waals surface area contributed by atoms with Crippen LogP contribution in [0.15, 0.2) is 52.4 Å². The molecule has 39 heavy (non-hydrogen) atoms. The summed E-state index contributed by atoms with van der Waals surface area (Å²) in [7, 11) is 1.51. The number of aliphatic imine (C=N–C) groups is 2. The molecule has 3 amide bonds. The van der Waals surface area contributed by atoms with Crippen molar-refractivity contribution in [3.05, 3.63) is 53.1 Å². The molecule has 1 saturated carbocycles. The van der Waals surface area contributed by atoms with Gasteiger partial charge in [0.15, 0.2) is 5.17 Å². The minimum atomic E-state index is -0.682. The van der Waals surface area contributed by atoms with Crippen LogP contribution in [0.25, 0.3) is 0 Å². The van der Waals surface area contributed by atoms with Gasteiger partial charge in [-0.05, 0) is 49.6 Å². The van der Waals surface area contributed by atoms with Crippen LogP contribution in [0.4, 0.5) is 11.4 Å². The number of ether oxygens (including phenoxy) is 1. The monoisotopic (exact) mass is 567 g/mol. The van der Waals surface area contributed by atoms with Crippen molar-refractivity contribution in [3.8, 4) is 5.75 Å². The molecule has 5 rings (SSSR count). The Kier molecular flexibility index (Phi) is 8.52. The number of anilines is 1. The van der Waals surface area contributed by atoms with Gasteiger partial charge in [-0.3, -0.25) is 19.4 Å². The van der Waals surface area contributed by atoms with Gasteiger partial charge in [-0.25, -0.2) is 9.89 Å². The van der Waals surface area contributed by atoms with Gasteiger partial charge in [0.25, 0.3) is 5.91 Å². The fourth-order valence-corrected chi connectivity index (χ4v) is 5.97. The predicted molar refractivity (Wildman–Crippen MR) is 154 cm³/mol. The average molecular weight is 568 g/mol. The van der Waals surface area contributed by atoms with Crippen LogP contribution in [0.5, 0.6) is 5.75 Å². The Morgan fingerprint density at radius 3 is 2.72 bits per heavy atom. The first-order valence-corrected chi connectivity index (χ1v) is 14.4. The number of amides is 3. The van der Waals surface area contributed by atoms with Crippen molar-refractivity contribution in [1.82, 2.24) is 10.2 Å². The second kappa shape index (κ2) is 12.2. The van der Waals surface area contributed by atoms with Crippen molar-refractivity contribution in [2.75, 3.05) is 18.2 Å². The van der Waals surface area contributed by atoms with Crippen LogP contribution in [-0.2, 0) is 14.4 Å². The number of benzene rings is 2. The standard InChI is InChI=1S/C28H30ClN5O4S/c1-38-23-13-11-17(29)15-22(23)31-25(36)16-39-28-33-20-10-6-5-9-19(20)26-32-21(27(37)34(26)28)12-14-24(35)30-18-7-3-2-4-8-18/h5-6,9-11,13,15,18,21H,2-4,7-8,12,14,16H2,1H3,(H,30,35)(H,31,36)/t21-/m1/s1. The molecule has 0 spiro atoms. The topological polar surface area (TPSA) is 112 Å². The van der Waals surface area contributed by atoms with Gasteiger partial charge in [-0.2, -0.15) is 0 Å². The minimum Gasteiger partial charge on any atom is -0.495 e. The fourth-order valence-electron chi connectivity index (χ4n) is 5.00. The summed E-state index contributed by atoms with van der Waals surface area (Å²) in [4.78, 5) is 49.7. The highest BCUT2D eigenvalue weighted by Crippen LogP contribution is 2.34. The highest BCUT2D eigenvalue weighted by Gasteiger charge is 2.41. The second-order valence-corrected chi connectivity index (χ2v) is 11.1. The number of amidine groups is 2. The van der Waals surface area contributed by atoms with Crippen LogP contribution in [0.2, 0.25) is 5.02 Å². The van der Waals surface area contributed by atoms with E-state index in [1.54, 1.807) is 18.2 Å². The lowest BCUT2D eigenvalue weighted by atomic mass is 9.95. The Morgan fingerprint density at radius 1 is 1.13 bits per heavy atom. The molecule has 2 aliphatic heterocycles. The van der Waals surface area contributed by atoms with Gasteiger partial charge in [-0.15, -0.1) is 0 Å². The van der Waals surface area contributed by atoms with Crippen LogP contribution in [0.3, 0.4) is 0 Å². The van der Waals surface area contributed by atoms with Crippen molar-refractivity contribution in [1.29, 1.82) is 0 Å². The number of hydrogen-bond donors (Lipinski definition) is 2. The van der Waals surface area contributed by atoms with Gasteiger partial charge in [0.05, 0.1) is 24.2 Å². The molecular weight excluding hydrogens is 538 g/mol. The number of methoxy groups -OCH3 is 1. The molecule has 2 aromatic carbocycles. The SMILES string of the molecule is COc1ccc(Cl)cc1NC(=O)CSC1=Nc2ccccc2C2=N[C@H](CCC(=O)NC3CCCCC3)C(=O)N12. The average Bonchev–Trinajstić information content (AvgIpc) is 3.28.